The predicted octanol–water partition coefficient (Wildman–Crippen LogP) is 3.20. The molecule has 0 radical (unpaired) electrons. The number of allylic oxidation sites excluding steroid dienone is 2. The molecule has 12 nitrogen and oxygen atoms in total. The second kappa shape index (κ2) is 12.2. The predicted molar refractivity (Wildman–Crippen MR) is 179 cm³/mol. The van der Waals surface area contributed by atoms with Crippen LogP contribution in [0.25, 0.3) is 16.9 Å². The van der Waals surface area contributed by atoms with Crippen LogP contribution in [0.3, 0.4) is 0 Å². The summed E-state index contributed by atoms with van der Waals surface area (Å²) >= 11 is 0. The molecular weight excluding hydrogens is 596 g/mol. The van der Waals surface area contributed by atoms with Crippen LogP contribution in [0.4, 0.5) is 5.82 Å². The average Bonchev–Trinajstić information content (AvgIpc) is 3.79. The van der Waals surface area contributed by atoms with E-state index in [1.807, 2.05) is 52.4 Å². The number of Topliss-reactive ketones (excluding diaryl/α,β-unsaturated/α-hetero) is 1. The van der Waals surface area contributed by atoms with E-state index in [0.29, 0.717) is 30.9 Å². The fraction of sp³-hybridized carbons (Fsp3) is 0.571. The van der Waals surface area contributed by atoms with E-state index in [1.165, 1.54) is 0 Å². The van der Waals surface area contributed by atoms with Gasteiger partial charge in [-0.2, -0.15) is 14.9 Å². The maximum Gasteiger partial charge on any atom is 0.233 e. The van der Waals surface area contributed by atoms with Crippen molar-refractivity contribution in [3.05, 3.63) is 47.6 Å². The zero-order valence-corrected chi connectivity index (χ0v) is 27.6. The van der Waals surface area contributed by atoms with Crippen LogP contribution in [0, 0.1) is 16.7 Å². The van der Waals surface area contributed by atoms with Crippen molar-refractivity contribution >= 4 is 29.0 Å². The number of rotatable bonds is 8. The van der Waals surface area contributed by atoms with Gasteiger partial charge in [0.05, 0.1) is 41.8 Å². The minimum Gasteiger partial charge on any atom is -0.395 e. The van der Waals surface area contributed by atoms with Crippen LogP contribution < -0.4 is 10.6 Å². The SMILES string of the molecule is CCCC1(C2=CNc3c(-c4ccc(C5=NN(C)CC5)nc4)cnn3C3=C2C(=O)CCN3)CC2CCCN(C(=O)C(C)(CO)CO)C2C1. The number of anilines is 1. The summed E-state index contributed by atoms with van der Waals surface area (Å²) in [6.07, 6.45) is 12.2. The van der Waals surface area contributed by atoms with Gasteiger partial charge in [0, 0.05) is 69.1 Å². The van der Waals surface area contributed by atoms with Crippen LogP contribution in [0.2, 0.25) is 0 Å². The zero-order valence-electron chi connectivity index (χ0n) is 27.6. The van der Waals surface area contributed by atoms with E-state index in [-0.39, 0.29) is 29.1 Å². The van der Waals surface area contributed by atoms with E-state index < -0.39 is 18.6 Å². The first-order chi connectivity index (χ1) is 22.7. The lowest BCUT2D eigenvalue weighted by molar-refractivity contribution is -0.151. The number of aliphatic hydroxyl groups excluding tert-OH is 2. The number of fused-ring (bicyclic) bond motifs is 3. The molecule has 4 aliphatic heterocycles. The Kier molecular flexibility index (Phi) is 8.20. The summed E-state index contributed by atoms with van der Waals surface area (Å²) in [5, 5.41) is 38.5. The molecule has 0 spiro atoms. The van der Waals surface area contributed by atoms with Crippen LogP contribution in [0.5, 0.6) is 0 Å². The Balaban J connectivity index is 1.27. The van der Waals surface area contributed by atoms with Gasteiger partial charge >= 0.3 is 0 Å². The van der Waals surface area contributed by atoms with Crippen LogP contribution >= 0.6 is 0 Å². The van der Waals surface area contributed by atoms with Crippen molar-refractivity contribution in [1.29, 1.82) is 0 Å². The van der Waals surface area contributed by atoms with Crippen molar-refractivity contribution in [2.45, 2.75) is 71.3 Å². The molecule has 0 bridgehead atoms. The summed E-state index contributed by atoms with van der Waals surface area (Å²) in [6, 6.07) is 4.03. The molecule has 3 atom stereocenters. The van der Waals surface area contributed by atoms with Gasteiger partial charge in [0.25, 0.3) is 0 Å². The van der Waals surface area contributed by atoms with Crippen molar-refractivity contribution in [3.63, 3.8) is 0 Å². The Bertz CT molecular complexity index is 1660. The van der Waals surface area contributed by atoms with Gasteiger partial charge in [-0.3, -0.25) is 19.6 Å². The second-order valence-corrected chi connectivity index (χ2v) is 14.2. The Morgan fingerprint density at radius 3 is 2.68 bits per heavy atom. The molecule has 12 heteroatoms. The smallest absolute Gasteiger partial charge is 0.233 e. The molecule has 1 aliphatic carbocycles. The van der Waals surface area contributed by atoms with Gasteiger partial charge in [-0.05, 0) is 62.0 Å². The number of ketones is 1. The largest absolute Gasteiger partial charge is 0.395 e. The third-order valence-corrected chi connectivity index (χ3v) is 11.0. The lowest BCUT2D eigenvalue weighted by atomic mass is 9.70. The van der Waals surface area contributed by atoms with Crippen molar-refractivity contribution in [2.75, 3.05) is 45.2 Å². The number of pyridine rings is 1. The summed E-state index contributed by atoms with van der Waals surface area (Å²) in [6.45, 7) is 5.04. The monoisotopic (exact) mass is 642 g/mol. The van der Waals surface area contributed by atoms with E-state index in [0.717, 1.165) is 85.4 Å². The summed E-state index contributed by atoms with van der Waals surface area (Å²) in [5.74, 6) is 1.63. The van der Waals surface area contributed by atoms with Crippen molar-refractivity contribution in [3.8, 4) is 11.1 Å². The molecule has 1 amide bonds. The number of piperidine rings is 1. The lowest BCUT2D eigenvalue weighted by Crippen LogP contribution is -2.54. The molecule has 0 aromatic carbocycles. The maximum atomic E-state index is 13.9. The Morgan fingerprint density at radius 2 is 1.98 bits per heavy atom. The third kappa shape index (κ3) is 5.25. The number of hydrogen-bond acceptors (Lipinski definition) is 10. The Hall–Kier alpha value is -4.03. The number of carbonyl (C=O) groups is 2. The van der Waals surface area contributed by atoms with Gasteiger partial charge in [0.15, 0.2) is 5.78 Å². The fourth-order valence-electron chi connectivity index (χ4n) is 8.53. The number of likely N-dealkylation sites (tertiary alicyclic amines) is 1. The van der Waals surface area contributed by atoms with Gasteiger partial charge in [-0.25, -0.2) is 0 Å². The summed E-state index contributed by atoms with van der Waals surface area (Å²) < 4.78 is 1.82. The van der Waals surface area contributed by atoms with Gasteiger partial charge in [-0.1, -0.05) is 19.4 Å². The molecule has 1 saturated heterocycles. The van der Waals surface area contributed by atoms with Gasteiger partial charge in [-0.15, -0.1) is 0 Å². The first-order valence-corrected chi connectivity index (χ1v) is 17.1. The second-order valence-electron chi connectivity index (χ2n) is 14.2. The van der Waals surface area contributed by atoms with Crippen molar-refractivity contribution in [1.82, 2.24) is 30.0 Å². The highest BCUT2D eigenvalue weighted by Gasteiger charge is 2.54. The molecule has 3 unspecified atom stereocenters. The van der Waals surface area contributed by atoms with E-state index in [1.54, 1.807) is 6.92 Å². The number of hydrogen-bond donors (Lipinski definition) is 4. The first kappa shape index (κ1) is 31.6. The minimum absolute atomic E-state index is 0.0264. The Labute approximate surface area is 275 Å². The summed E-state index contributed by atoms with van der Waals surface area (Å²) in [7, 11) is 1.97. The first-order valence-electron chi connectivity index (χ1n) is 17.1. The van der Waals surface area contributed by atoms with Crippen LogP contribution in [-0.2, 0) is 9.59 Å². The van der Waals surface area contributed by atoms with Crippen molar-refractivity contribution < 1.29 is 19.8 Å². The quantitative estimate of drug-likeness (QED) is 0.341. The topological polar surface area (TPSA) is 148 Å². The maximum absolute atomic E-state index is 13.9. The summed E-state index contributed by atoms with van der Waals surface area (Å²) in [4.78, 5) is 34.4. The zero-order chi connectivity index (χ0) is 32.9. The standard InChI is InChI=1S/C35H46N8O4/c1-4-11-35(15-22-6-5-13-42(28(22)16-35)33(47)34(2,20-44)21-45)25-19-38-31-24(18-39-43(31)32-30(25)29(46)9-12-36-32)23-7-8-26(37-17-23)27-10-14-41(3)40-27/h7-8,17-19,22,28,36,38,44-45H,4-6,9-16,20-21H2,1-3H3. The Morgan fingerprint density at radius 1 is 1.15 bits per heavy atom. The fourth-order valence-corrected chi connectivity index (χ4v) is 8.53. The van der Waals surface area contributed by atoms with Crippen molar-refractivity contribution in [2.24, 2.45) is 21.8 Å². The average molecular weight is 643 g/mol. The molecule has 250 valence electrons. The molecule has 1 saturated carbocycles. The number of aromatic nitrogens is 3. The molecule has 6 heterocycles. The number of nitrogens with zero attached hydrogens (tertiary/aromatic N) is 6. The van der Waals surface area contributed by atoms with E-state index >= 15 is 0 Å². The molecule has 2 aromatic heterocycles. The number of amides is 1. The van der Waals surface area contributed by atoms with E-state index in [4.69, 9.17) is 10.1 Å². The molecule has 7 rings (SSSR count). The number of hydrazone groups is 1. The molecular formula is C35H46N8O4. The number of nitrogens with one attached hydrogen (secondary N) is 2. The highest BCUT2D eigenvalue weighted by Crippen LogP contribution is 2.57. The van der Waals surface area contributed by atoms with Gasteiger partial charge in [0.1, 0.15) is 11.6 Å². The minimum atomic E-state index is -1.22. The van der Waals surface area contributed by atoms with Gasteiger partial charge < -0.3 is 25.7 Å². The lowest BCUT2D eigenvalue weighted by Gasteiger charge is -2.42. The van der Waals surface area contributed by atoms with Crippen LogP contribution in [0.15, 0.2) is 47.0 Å². The highest BCUT2D eigenvalue weighted by atomic mass is 16.3. The van der Waals surface area contributed by atoms with E-state index in [2.05, 4.69) is 22.7 Å². The number of aliphatic hydroxyl groups is 2. The molecule has 2 fully saturated rings. The number of carbonyl (C=O) groups excluding carboxylic acids is 2. The van der Waals surface area contributed by atoms with Gasteiger partial charge in [0.2, 0.25) is 5.91 Å². The third-order valence-electron chi connectivity index (χ3n) is 11.0. The molecule has 4 N–H and O–H groups in total. The highest BCUT2D eigenvalue weighted by molar-refractivity contribution is 6.07. The van der Waals surface area contributed by atoms with Crippen LogP contribution in [0.1, 0.15) is 70.9 Å². The molecule has 47 heavy (non-hydrogen) atoms. The van der Waals surface area contributed by atoms with E-state index in [9.17, 15) is 19.8 Å². The molecule has 2 aromatic rings. The van der Waals surface area contributed by atoms with Crippen LogP contribution in [-0.4, -0.2) is 98.2 Å². The molecule has 5 aliphatic rings. The summed E-state index contributed by atoms with van der Waals surface area (Å²) in [5.41, 5.74) is 3.73. The normalized spacial score (nSPS) is 25.8.